The van der Waals surface area contributed by atoms with Crippen LogP contribution in [0.5, 0.6) is 23.0 Å². The van der Waals surface area contributed by atoms with Crippen molar-refractivity contribution in [1.82, 2.24) is 9.97 Å². The summed E-state index contributed by atoms with van der Waals surface area (Å²) in [7, 11) is 3.26. The van der Waals surface area contributed by atoms with Crippen LogP contribution in [0.1, 0.15) is 11.1 Å². The molecule has 7 nitrogen and oxygen atoms in total. The number of anilines is 3. The largest absolute Gasteiger partial charge is 0.493 e. The van der Waals surface area contributed by atoms with E-state index in [4.69, 9.17) is 24.2 Å². The van der Waals surface area contributed by atoms with Gasteiger partial charge in [-0.2, -0.15) is 4.98 Å². The van der Waals surface area contributed by atoms with E-state index in [-0.39, 0.29) is 0 Å². The Kier molecular flexibility index (Phi) is 6.40. The van der Waals surface area contributed by atoms with Gasteiger partial charge in [0.1, 0.15) is 17.3 Å². The molecule has 0 amide bonds. The van der Waals surface area contributed by atoms with Crippen LogP contribution in [0, 0.1) is 0 Å². The van der Waals surface area contributed by atoms with Gasteiger partial charge in [-0.25, -0.2) is 4.98 Å². The van der Waals surface area contributed by atoms with E-state index in [2.05, 4.69) is 34.5 Å². The van der Waals surface area contributed by atoms with Crippen molar-refractivity contribution in [3.8, 4) is 23.0 Å². The first-order valence-electron chi connectivity index (χ1n) is 12.6. The minimum Gasteiger partial charge on any atom is -0.493 e. The molecule has 0 radical (unpaired) electrons. The molecule has 6 rings (SSSR count). The van der Waals surface area contributed by atoms with Gasteiger partial charge in [0.05, 0.1) is 19.7 Å². The number of rotatable bonds is 7. The molecule has 5 aromatic rings. The van der Waals surface area contributed by atoms with Crippen LogP contribution in [0.3, 0.4) is 0 Å². The fourth-order valence-corrected chi connectivity index (χ4v) is 4.71. The van der Waals surface area contributed by atoms with Crippen molar-refractivity contribution in [1.29, 1.82) is 0 Å². The highest BCUT2D eigenvalue weighted by atomic mass is 16.5. The van der Waals surface area contributed by atoms with Gasteiger partial charge in [0.15, 0.2) is 11.5 Å². The number of hydrogen-bond acceptors (Lipinski definition) is 7. The van der Waals surface area contributed by atoms with Gasteiger partial charge in [-0.15, -0.1) is 0 Å². The minimum absolute atomic E-state index is 0.623. The summed E-state index contributed by atoms with van der Waals surface area (Å²) in [5.74, 6) is 4.17. The van der Waals surface area contributed by atoms with Crippen molar-refractivity contribution in [3.63, 3.8) is 0 Å². The lowest BCUT2D eigenvalue weighted by Gasteiger charge is -2.29. The lowest BCUT2D eigenvalue weighted by Crippen LogP contribution is -2.31. The second-order valence-corrected chi connectivity index (χ2v) is 9.10. The van der Waals surface area contributed by atoms with E-state index in [1.54, 1.807) is 14.2 Å². The highest BCUT2D eigenvalue weighted by Crippen LogP contribution is 2.37. The molecule has 7 heteroatoms. The third kappa shape index (κ3) is 4.78. The Labute approximate surface area is 221 Å². The molecular weight excluding hydrogens is 476 g/mol. The van der Waals surface area contributed by atoms with Gasteiger partial charge in [-0.05, 0) is 60.0 Å². The molecule has 0 unspecified atom stereocenters. The molecule has 1 aromatic heterocycles. The van der Waals surface area contributed by atoms with E-state index < -0.39 is 0 Å². The maximum Gasteiger partial charge on any atom is 0.228 e. The predicted octanol–water partition coefficient (Wildman–Crippen LogP) is 6.75. The molecule has 4 aromatic carbocycles. The predicted molar refractivity (Wildman–Crippen MR) is 150 cm³/mol. The summed E-state index contributed by atoms with van der Waals surface area (Å²) in [4.78, 5) is 12.2. The van der Waals surface area contributed by atoms with Crippen molar-refractivity contribution in [2.45, 2.75) is 13.0 Å². The monoisotopic (exact) mass is 504 g/mol. The number of methoxy groups -OCH3 is 2. The molecular formula is C31H28N4O3. The minimum atomic E-state index is 0.623. The van der Waals surface area contributed by atoms with Gasteiger partial charge in [-0.3, -0.25) is 0 Å². The Morgan fingerprint density at radius 3 is 2.18 bits per heavy atom. The standard InChI is InChI=1S/C31H28N4O3/c1-36-28-18-26-27(19-29(28)37-2)33-31(35-17-16-21-8-6-7-9-22(21)20-35)34-30(26)32-23-12-14-25(15-13-23)38-24-10-4-3-5-11-24/h3-15,18-19H,16-17,20H2,1-2H3,(H,32,33,34). The number of benzene rings is 4. The summed E-state index contributed by atoms with van der Waals surface area (Å²) in [5, 5.41) is 4.34. The molecule has 0 saturated heterocycles. The molecule has 1 aliphatic rings. The lowest BCUT2D eigenvalue weighted by molar-refractivity contribution is 0.356. The molecule has 0 bridgehead atoms. The van der Waals surface area contributed by atoms with E-state index in [1.807, 2.05) is 66.7 Å². The normalized spacial score (nSPS) is 12.6. The van der Waals surface area contributed by atoms with Crippen molar-refractivity contribution in [2.24, 2.45) is 0 Å². The van der Waals surface area contributed by atoms with E-state index in [0.717, 1.165) is 47.6 Å². The van der Waals surface area contributed by atoms with Gasteiger partial charge < -0.3 is 24.4 Å². The first-order chi connectivity index (χ1) is 18.7. The van der Waals surface area contributed by atoms with E-state index in [9.17, 15) is 0 Å². The summed E-state index contributed by atoms with van der Waals surface area (Å²) in [6.45, 7) is 1.61. The molecule has 2 heterocycles. The van der Waals surface area contributed by atoms with E-state index in [0.29, 0.717) is 23.3 Å². The molecule has 0 fully saturated rings. The quantitative estimate of drug-likeness (QED) is 0.263. The number of aromatic nitrogens is 2. The zero-order chi connectivity index (χ0) is 25.9. The van der Waals surface area contributed by atoms with Crippen LogP contribution in [-0.2, 0) is 13.0 Å². The molecule has 1 aliphatic heterocycles. The van der Waals surface area contributed by atoms with Crippen molar-refractivity contribution < 1.29 is 14.2 Å². The maximum absolute atomic E-state index is 5.95. The number of fused-ring (bicyclic) bond motifs is 2. The average molecular weight is 505 g/mol. The zero-order valence-corrected chi connectivity index (χ0v) is 21.3. The molecule has 38 heavy (non-hydrogen) atoms. The zero-order valence-electron chi connectivity index (χ0n) is 21.3. The van der Waals surface area contributed by atoms with Crippen LogP contribution in [0.25, 0.3) is 10.9 Å². The second-order valence-electron chi connectivity index (χ2n) is 9.10. The van der Waals surface area contributed by atoms with E-state index in [1.165, 1.54) is 11.1 Å². The number of nitrogens with one attached hydrogen (secondary N) is 1. The number of ether oxygens (including phenoxy) is 3. The second kappa shape index (κ2) is 10.3. The van der Waals surface area contributed by atoms with Crippen LogP contribution >= 0.6 is 0 Å². The summed E-state index contributed by atoms with van der Waals surface area (Å²) in [6.07, 6.45) is 0.954. The van der Waals surface area contributed by atoms with Crippen LogP contribution in [0.15, 0.2) is 91.0 Å². The molecule has 0 aliphatic carbocycles. The van der Waals surface area contributed by atoms with Gasteiger partial charge in [0.2, 0.25) is 5.95 Å². The van der Waals surface area contributed by atoms with Crippen molar-refractivity contribution in [3.05, 3.63) is 102 Å². The molecule has 0 atom stereocenters. The summed E-state index contributed by atoms with van der Waals surface area (Å²) < 4.78 is 17.1. The summed E-state index contributed by atoms with van der Waals surface area (Å²) in [6, 6.07) is 29.9. The Bertz CT molecular complexity index is 1570. The van der Waals surface area contributed by atoms with Crippen LogP contribution < -0.4 is 24.4 Å². The van der Waals surface area contributed by atoms with Gasteiger partial charge in [0.25, 0.3) is 0 Å². The summed E-state index contributed by atoms with van der Waals surface area (Å²) in [5.41, 5.74) is 4.35. The molecule has 190 valence electrons. The number of para-hydroxylation sites is 1. The maximum atomic E-state index is 5.95. The molecule has 1 N–H and O–H groups in total. The Morgan fingerprint density at radius 2 is 1.42 bits per heavy atom. The topological polar surface area (TPSA) is 68.7 Å². The molecule has 0 spiro atoms. The van der Waals surface area contributed by atoms with Crippen LogP contribution in [-0.4, -0.2) is 30.7 Å². The highest BCUT2D eigenvalue weighted by molar-refractivity contribution is 5.94. The SMILES string of the molecule is COc1cc2nc(N3CCc4ccccc4C3)nc(Nc3ccc(Oc4ccccc4)cc3)c2cc1OC. The Morgan fingerprint density at radius 1 is 0.737 bits per heavy atom. The first kappa shape index (κ1) is 23.6. The summed E-state index contributed by atoms with van der Waals surface area (Å²) >= 11 is 0. The Balaban J connectivity index is 1.35. The first-order valence-corrected chi connectivity index (χ1v) is 12.6. The third-order valence-electron chi connectivity index (χ3n) is 6.70. The van der Waals surface area contributed by atoms with Gasteiger partial charge >= 0.3 is 0 Å². The van der Waals surface area contributed by atoms with Gasteiger partial charge in [0, 0.05) is 30.2 Å². The van der Waals surface area contributed by atoms with E-state index >= 15 is 0 Å². The van der Waals surface area contributed by atoms with Gasteiger partial charge in [-0.1, -0.05) is 42.5 Å². The highest BCUT2D eigenvalue weighted by Gasteiger charge is 2.21. The van der Waals surface area contributed by atoms with Crippen molar-refractivity contribution >= 4 is 28.4 Å². The van der Waals surface area contributed by atoms with Crippen LogP contribution in [0.2, 0.25) is 0 Å². The number of nitrogens with zero attached hydrogens (tertiary/aromatic N) is 3. The fourth-order valence-electron chi connectivity index (χ4n) is 4.71. The Hall–Kier alpha value is -4.78. The average Bonchev–Trinajstić information content (AvgIpc) is 2.97. The number of hydrogen-bond donors (Lipinski definition) is 1. The molecule has 0 saturated carbocycles. The lowest BCUT2D eigenvalue weighted by atomic mass is 10.0. The van der Waals surface area contributed by atoms with Crippen molar-refractivity contribution in [2.75, 3.05) is 31.0 Å². The van der Waals surface area contributed by atoms with Crippen LogP contribution in [0.4, 0.5) is 17.5 Å². The fraction of sp³-hybridized carbons (Fsp3) is 0.161. The smallest absolute Gasteiger partial charge is 0.228 e. The third-order valence-corrected chi connectivity index (χ3v) is 6.70.